The summed E-state index contributed by atoms with van der Waals surface area (Å²) in [6, 6.07) is 17.0. The molecule has 5 heteroatoms. The molecule has 0 atom stereocenters. The third-order valence-electron chi connectivity index (χ3n) is 5.20. The van der Waals surface area contributed by atoms with Crippen molar-refractivity contribution in [3.05, 3.63) is 65.7 Å². The van der Waals surface area contributed by atoms with Gasteiger partial charge in [-0.05, 0) is 55.5 Å². The summed E-state index contributed by atoms with van der Waals surface area (Å²) in [5.74, 6) is 0.312. The Morgan fingerprint density at radius 3 is 2.36 bits per heavy atom. The molecule has 1 fully saturated rings. The molecule has 2 amide bonds. The number of nitrogens with one attached hydrogen (secondary N) is 2. The van der Waals surface area contributed by atoms with Gasteiger partial charge in [0, 0.05) is 5.56 Å². The van der Waals surface area contributed by atoms with Crippen LogP contribution < -0.4 is 15.4 Å². The van der Waals surface area contributed by atoms with E-state index in [9.17, 15) is 9.59 Å². The second-order valence-corrected chi connectivity index (χ2v) is 7.26. The normalized spacial score (nSPS) is 14.6. The summed E-state index contributed by atoms with van der Waals surface area (Å²) in [6.07, 6.45) is 5.02. The van der Waals surface area contributed by atoms with Gasteiger partial charge in [-0.15, -0.1) is 0 Å². The molecule has 0 aromatic heterocycles. The average Bonchev–Trinajstić information content (AvgIpc) is 2.70. The molecule has 3 rings (SSSR count). The van der Waals surface area contributed by atoms with Crippen LogP contribution in [0.5, 0.6) is 5.75 Å². The first-order chi connectivity index (χ1) is 13.6. The molecule has 0 saturated heterocycles. The lowest BCUT2D eigenvalue weighted by atomic mass is 9.72. The summed E-state index contributed by atoms with van der Waals surface area (Å²) in [7, 11) is 0. The van der Waals surface area contributed by atoms with Crippen molar-refractivity contribution in [3.63, 3.8) is 0 Å². The van der Waals surface area contributed by atoms with Crippen molar-refractivity contribution in [2.45, 2.75) is 44.6 Å². The highest BCUT2D eigenvalue weighted by molar-refractivity contribution is 5.96. The number of carbonyl (C=O) groups is 2. The van der Waals surface area contributed by atoms with E-state index in [2.05, 4.69) is 17.6 Å². The van der Waals surface area contributed by atoms with Crippen LogP contribution in [0.3, 0.4) is 0 Å². The van der Waals surface area contributed by atoms with Crippen molar-refractivity contribution in [2.24, 2.45) is 0 Å². The second-order valence-electron chi connectivity index (χ2n) is 7.26. The van der Waals surface area contributed by atoms with Crippen LogP contribution in [0.15, 0.2) is 54.6 Å². The summed E-state index contributed by atoms with van der Waals surface area (Å²) in [5, 5.41) is 5.82. The van der Waals surface area contributed by atoms with E-state index in [-0.39, 0.29) is 23.9 Å². The molecule has 1 aliphatic carbocycles. The van der Waals surface area contributed by atoms with Gasteiger partial charge in [0.2, 0.25) is 5.91 Å². The van der Waals surface area contributed by atoms with Crippen molar-refractivity contribution >= 4 is 11.8 Å². The molecule has 0 heterocycles. The first-order valence-corrected chi connectivity index (χ1v) is 10.0. The van der Waals surface area contributed by atoms with Crippen LogP contribution in [-0.2, 0) is 10.3 Å². The lowest BCUT2D eigenvalue weighted by Gasteiger charge is -2.43. The molecule has 0 unspecified atom stereocenters. The smallest absolute Gasteiger partial charge is 0.251 e. The zero-order chi connectivity index (χ0) is 19.8. The van der Waals surface area contributed by atoms with E-state index in [4.69, 9.17) is 4.74 Å². The van der Waals surface area contributed by atoms with Crippen LogP contribution in [0.4, 0.5) is 0 Å². The molecule has 2 aromatic carbocycles. The molecule has 0 aliphatic heterocycles. The molecule has 0 bridgehead atoms. The van der Waals surface area contributed by atoms with Gasteiger partial charge in [-0.25, -0.2) is 0 Å². The van der Waals surface area contributed by atoms with Crippen LogP contribution >= 0.6 is 0 Å². The van der Waals surface area contributed by atoms with E-state index in [1.807, 2.05) is 30.3 Å². The standard InChI is InChI=1S/C23H28N2O3/c1-2-3-16-28-20-12-10-18(11-13-20)22(27)24-17-21(26)25-23(14-7-15-23)19-8-5-4-6-9-19/h4-6,8-13H,2-3,7,14-17H2,1H3,(H,24,27)(H,25,26). The van der Waals surface area contributed by atoms with Gasteiger partial charge in [-0.1, -0.05) is 43.7 Å². The van der Waals surface area contributed by atoms with Gasteiger partial charge in [0.25, 0.3) is 5.91 Å². The van der Waals surface area contributed by atoms with Crippen molar-refractivity contribution in [1.82, 2.24) is 10.6 Å². The third kappa shape index (κ3) is 4.91. The fourth-order valence-electron chi connectivity index (χ4n) is 3.38. The van der Waals surface area contributed by atoms with Gasteiger partial charge in [0.1, 0.15) is 5.75 Å². The van der Waals surface area contributed by atoms with Crippen molar-refractivity contribution in [3.8, 4) is 5.75 Å². The van der Waals surface area contributed by atoms with E-state index in [0.717, 1.165) is 43.4 Å². The topological polar surface area (TPSA) is 67.4 Å². The lowest BCUT2D eigenvalue weighted by Crippen LogP contribution is -2.53. The zero-order valence-corrected chi connectivity index (χ0v) is 16.4. The van der Waals surface area contributed by atoms with Crippen LogP contribution in [-0.4, -0.2) is 25.0 Å². The Bertz CT molecular complexity index is 783. The molecular weight excluding hydrogens is 352 g/mol. The van der Waals surface area contributed by atoms with Gasteiger partial charge in [-0.2, -0.15) is 0 Å². The summed E-state index contributed by atoms with van der Waals surface area (Å²) < 4.78 is 5.60. The maximum atomic E-state index is 12.4. The maximum absolute atomic E-state index is 12.4. The predicted octanol–water partition coefficient (Wildman–Crippen LogP) is 3.79. The van der Waals surface area contributed by atoms with Crippen LogP contribution in [0.1, 0.15) is 54.9 Å². The highest BCUT2D eigenvalue weighted by atomic mass is 16.5. The van der Waals surface area contributed by atoms with Crippen LogP contribution in [0.2, 0.25) is 0 Å². The fraction of sp³-hybridized carbons (Fsp3) is 0.391. The van der Waals surface area contributed by atoms with Crippen LogP contribution in [0, 0.1) is 0 Å². The number of unbranched alkanes of at least 4 members (excludes halogenated alkanes) is 1. The van der Waals surface area contributed by atoms with E-state index < -0.39 is 0 Å². The molecule has 148 valence electrons. The molecule has 1 saturated carbocycles. The minimum absolute atomic E-state index is 0.0395. The Balaban J connectivity index is 1.49. The predicted molar refractivity (Wildman–Crippen MR) is 109 cm³/mol. The first kappa shape index (κ1) is 19.9. The number of ether oxygens (including phenoxy) is 1. The fourth-order valence-corrected chi connectivity index (χ4v) is 3.38. The summed E-state index contributed by atoms with van der Waals surface area (Å²) >= 11 is 0. The molecule has 2 aromatic rings. The summed E-state index contributed by atoms with van der Waals surface area (Å²) in [5.41, 5.74) is 1.34. The molecular formula is C23H28N2O3. The number of benzene rings is 2. The Morgan fingerprint density at radius 1 is 1.04 bits per heavy atom. The molecule has 2 N–H and O–H groups in total. The van der Waals surface area contributed by atoms with Gasteiger partial charge in [0.15, 0.2) is 0 Å². The number of amides is 2. The largest absolute Gasteiger partial charge is 0.494 e. The number of hydrogen-bond acceptors (Lipinski definition) is 3. The van der Waals surface area contributed by atoms with Gasteiger partial charge in [0.05, 0.1) is 18.7 Å². The van der Waals surface area contributed by atoms with E-state index >= 15 is 0 Å². The van der Waals surface area contributed by atoms with Crippen LogP contribution in [0.25, 0.3) is 0 Å². The number of carbonyl (C=O) groups excluding carboxylic acids is 2. The average molecular weight is 380 g/mol. The number of hydrogen-bond donors (Lipinski definition) is 2. The van der Waals surface area contributed by atoms with Gasteiger partial charge < -0.3 is 15.4 Å². The summed E-state index contributed by atoms with van der Waals surface area (Å²) in [6.45, 7) is 2.74. The molecule has 1 aliphatic rings. The maximum Gasteiger partial charge on any atom is 0.251 e. The molecule has 0 radical (unpaired) electrons. The number of rotatable bonds is 9. The van der Waals surface area contributed by atoms with E-state index in [0.29, 0.717) is 12.2 Å². The van der Waals surface area contributed by atoms with E-state index in [1.165, 1.54) is 0 Å². The molecule has 5 nitrogen and oxygen atoms in total. The van der Waals surface area contributed by atoms with Crippen molar-refractivity contribution < 1.29 is 14.3 Å². The Morgan fingerprint density at radius 2 is 1.75 bits per heavy atom. The first-order valence-electron chi connectivity index (χ1n) is 10.0. The minimum atomic E-state index is -0.291. The Kier molecular flexibility index (Phi) is 6.69. The Labute approximate surface area is 166 Å². The third-order valence-corrected chi connectivity index (χ3v) is 5.20. The molecule has 0 spiro atoms. The lowest BCUT2D eigenvalue weighted by molar-refractivity contribution is -0.123. The Hall–Kier alpha value is -2.82. The van der Waals surface area contributed by atoms with E-state index in [1.54, 1.807) is 24.3 Å². The van der Waals surface area contributed by atoms with Crippen molar-refractivity contribution in [2.75, 3.05) is 13.2 Å². The minimum Gasteiger partial charge on any atom is -0.494 e. The second kappa shape index (κ2) is 9.40. The molecule has 28 heavy (non-hydrogen) atoms. The summed E-state index contributed by atoms with van der Waals surface area (Å²) in [4.78, 5) is 24.7. The highest BCUT2D eigenvalue weighted by Crippen LogP contribution is 2.41. The monoisotopic (exact) mass is 380 g/mol. The SMILES string of the molecule is CCCCOc1ccc(C(=O)NCC(=O)NC2(c3ccccc3)CCC2)cc1. The van der Waals surface area contributed by atoms with Gasteiger partial charge >= 0.3 is 0 Å². The van der Waals surface area contributed by atoms with Gasteiger partial charge in [-0.3, -0.25) is 9.59 Å². The zero-order valence-electron chi connectivity index (χ0n) is 16.4. The van der Waals surface area contributed by atoms with Crippen molar-refractivity contribution in [1.29, 1.82) is 0 Å². The quantitative estimate of drug-likeness (QED) is 0.651. The highest BCUT2D eigenvalue weighted by Gasteiger charge is 2.39.